The Morgan fingerprint density at radius 3 is 2.40 bits per heavy atom. The van der Waals surface area contributed by atoms with Crippen LogP contribution in [-0.4, -0.2) is 38.8 Å². The second-order valence-electron chi connectivity index (χ2n) is 7.35. The van der Waals surface area contributed by atoms with Crippen LogP contribution in [0.25, 0.3) is 0 Å². The fourth-order valence-electron chi connectivity index (χ4n) is 3.18. The number of benzene rings is 2. The van der Waals surface area contributed by atoms with Crippen LogP contribution in [0.15, 0.2) is 42.5 Å². The quantitative estimate of drug-likeness (QED) is 0.700. The highest BCUT2D eigenvalue weighted by atomic mass is 16.5. The molecule has 0 unspecified atom stereocenters. The molecule has 1 atom stereocenters. The minimum atomic E-state index is -0.422. The summed E-state index contributed by atoms with van der Waals surface area (Å²) in [4.78, 5) is 24.0. The van der Waals surface area contributed by atoms with Crippen molar-refractivity contribution in [2.45, 2.75) is 26.3 Å². The first kappa shape index (κ1) is 21.5. The molecule has 1 N–H and O–H groups in total. The lowest BCUT2D eigenvalue weighted by atomic mass is 9.95. The van der Waals surface area contributed by atoms with Crippen LogP contribution >= 0.6 is 0 Å². The Labute approximate surface area is 176 Å². The zero-order valence-electron chi connectivity index (χ0n) is 17.5. The molecule has 0 aliphatic carbocycles. The van der Waals surface area contributed by atoms with E-state index in [4.69, 9.17) is 14.2 Å². The van der Waals surface area contributed by atoms with Gasteiger partial charge in [-0.25, -0.2) is 4.79 Å². The van der Waals surface area contributed by atoms with Crippen LogP contribution in [0.4, 0.5) is 0 Å². The molecular weight excluding hydrogens is 386 g/mol. The van der Waals surface area contributed by atoms with Crippen molar-refractivity contribution >= 4 is 11.9 Å². The first-order chi connectivity index (χ1) is 14.5. The van der Waals surface area contributed by atoms with Gasteiger partial charge in [-0.05, 0) is 47.9 Å². The summed E-state index contributed by atoms with van der Waals surface area (Å²) in [5, 5.41) is 3.03. The van der Waals surface area contributed by atoms with E-state index in [1.165, 1.54) is 7.11 Å². The van der Waals surface area contributed by atoms with Gasteiger partial charge in [0.25, 0.3) is 5.91 Å². The summed E-state index contributed by atoms with van der Waals surface area (Å²) >= 11 is 0. The molecule has 0 saturated carbocycles. The largest absolute Gasteiger partial charge is 0.490 e. The molecule has 0 radical (unpaired) electrons. The minimum absolute atomic E-state index is 0.134. The van der Waals surface area contributed by atoms with Crippen LogP contribution in [0.1, 0.15) is 42.2 Å². The Morgan fingerprint density at radius 1 is 1.03 bits per heavy atom. The Balaban J connectivity index is 1.62. The molecule has 1 aliphatic rings. The summed E-state index contributed by atoms with van der Waals surface area (Å²) in [6, 6.07) is 12.0. The van der Waals surface area contributed by atoms with E-state index in [1.54, 1.807) is 24.3 Å². The molecule has 0 spiro atoms. The molecule has 0 saturated heterocycles. The normalized spacial score (nSPS) is 13.9. The second-order valence-corrected chi connectivity index (χ2v) is 7.35. The first-order valence-corrected chi connectivity index (χ1v) is 9.98. The molecule has 7 nitrogen and oxygen atoms in total. The average molecular weight is 413 g/mol. The highest BCUT2D eigenvalue weighted by Gasteiger charge is 2.21. The number of carbonyl (C=O) groups excluding carboxylic acids is 2. The fourth-order valence-corrected chi connectivity index (χ4v) is 3.18. The maximum Gasteiger partial charge on any atom is 0.337 e. The van der Waals surface area contributed by atoms with Crippen LogP contribution in [-0.2, 0) is 9.53 Å². The van der Waals surface area contributed by atoms with Gasteiger partial charge >= 0.3 is 5.97 Å². The molecule has 160 valence electrons. The molecule has 30 heavy (non-hydrogen) atoms. The van der Waals surface area contributed by atoms with Crippen molar-refractivity contribution in [2.24, 2.45) is 5.92 Å². The van der Waals surface area contributed by atoms with E-state index in [9.17, 15) is 9.59 Å². The Bertz CT molecular complexity index is 878. The number of nitrogens with one attached hydrogen (secondary N) is 1. The number of rotatable bonds is 7. The summed E-state index contributed by atoms with van der Waals surface area (Å²) in [5.41, 5.74) is 1.37. The van der Waals surface area contributed by atoms with E-state index in [0.717, 1.165) is 17.7 Å². The number of carbonyl (C=O) groups is 2. The van der Waals surface area contributed by atoms with Crippen molar-refractivity contribution in [3.63, 3.8) is 0 Å². The maximum atomic E-state index is 12.5. The number of esters is 1. The van der Waals surface area contributed by atoms with Crippen molar-refractivity contribution in [3.05, 3.63) is 53.6 Å². The lowest BCUT2D eigenvalue weighted by molar-refractivity contribution is -0.124. The number of hydrogen-bond donors (Lipinski definition) is 1. The standard InChI is InChI=1S/C23H27NO6/c1-15(2)22(17-7-10-19-20(13-17)29-12-4-11-28-19)24-21(25)14-30-18-8-5-16(6-9-18)23(26)27-3/h5-10,13,15,22H,4,11-12,14H2,1-3H3,(H,24,25)/t22-/m1/s1. The minimum Gasteiger partial charge on any atom is -0.490 e. The van der Waals surface area contributed by atoms with Crippen LogP contribution < -0.4 is 19.5 Å². The van der Waals surface area contributed by atoms with Gasteiger partial charge in [-0.3, -0.25) is 4.79 Å². The molecule has 0 bridgehead atoms. The Kier molecular flexibility index (Phi) is 7.17. The van der Waals surface area contributed by atoms with Crippen LogP contribution in [0.3, 0.4) is 0 Å². The van der Waals surface area contributed by atoms with Crippen LogP contribution in [0.2, 0.25) is 0 Å². The molecule has 7 heteroatoms. The molecule has 1 amide bonds. The SMILES string of the molecule is COC(=O)c1ccc(OCC(=O)N[C@@H](c2ccc3c(c2)OCCCO3)C(C)C)cc1. The summed E-state index contributed by atoms with van der Waals surface area (Å²) < 4.78 is 21.7. The third-order valence-corrected chi connectivity index (χ3v) is 4.76. The Hall–Kier alpha value is -3.22. The van der Waals surface area contributed by atoms with E-state index in [-0.39, 0.29) is 24.5 Å². The molecule has 2 aromatic carbocycles. The monoisotopic (exact) mass is 413 g/mol. The fraction of sp³-hybridized carbons (Fsp3) is 0.391. The number of hydrogen-bond acceptors (Lipinski definition) is 6. The summed E-state index contributed by atoms with van der Waals surface area (Å²) in [7, 11) is 1.32. The van der Waals surface area contributed by atoms with E-state index < -0.39 is 5.97 Å². The van der Waals surface area contributed by atoms with Gasteiger partial charge in [0.05, 0.1) is 31.9 Å². The molecule has 0 aromatic heterocycles. The van der Waals surface area contributed by atoms with Gasteiger partial charge in [0.2, 0.25) is 0 Å². The number of fused-ring (bicyclic) bond motifs is 1. The molecule has 1 aliphatic heterocycles. The zero-order valence-corrected chi connectivity index (χ0v) is 17.5. The number of ether oxygens (including phenoxy) is 4. The van der Waals surface area contributed by atoms with Crippen molar-refractivity contribution in [1.82, 2.24) is 5.32 Å². The van der Waals surface area contributed by atoms with E-state index >= 15 is 0 Å². The van der Waals surface area contributed by atoms with Crippen molar-refractivity contribution in [3.8, 4) is 17.2 Å². The van der Waals surface area contributed by atoms with Gasteiger partial charge in [0.15, 0.2) is 18.1 Å². The highest BCUT2D eigenvalue weighted by molar-refractivity contribution is 5.89. The molecular formula is C23H27NO6. The lowest BCUT2D eigenvalue weighted by Crippen LogP contribution is -2.35. The average Bonchev–Trinajstić information content (AvgIpc) is 3.00. The van der Waals surface area contributed by atoms with Crippen LogP contribution in [0.5, 0.6) is 17.2 Å². The van der Waals surface area contributed by atoms with Gasteiger partial charge < -0.3 is 24.3 Å². The van der Waals surface area contributed by atoms with E-state index in [2.05, 4.69) is 10.1 Å². The van der Waals surface area contributed by atoms with Crippen molar-refractivity contribution < 1.29 is 28.5 Å². The molecule has 0 fully saturated rings. The van der Waals surface area contributed by atoms with Gasteiger partial charge in [-0.15, -0.1) is 0 Å². The predicted octanol–water partition coefficient (Wildman–Crippen LogP) is 3.53. The highest BCUT2D eigenvalue weighted by Crippen LogP contribution is 2.34. The molecule has 3 rings (SSSR count). The Morgan fingerprint density at radius 2 is 1.73 bits per heavy atom. The van der Waals surface area contributed by atoms with Gasteiger partial charge in [-0.1, -0.05) is 19.9 Å². The maximum absolute atomic E-state index is 12.5. The number of amides is 1. The topological polar surface area (TPSA) is 83.1 Å². The second kappa shape index (κ2) is 10.0. The molecule has 1 heterocycles. The number of methoxy groups -OCH3 is 1. The summed E-state index contributed by atoms with van der Waals surface area (Å²) in [5.74, 6) is 1.43. The van der Waals surface area contributed by atoms with E-state index in [1.807, 2.05) is 32.0 Å². The van der Waals surface area contributed by atoms with Gasteiger partial charge in [0, 0.05) is 6.42 Å². The third-order valence-electron chi connectivity index (χ3n) is 4.76. The zero-order chi connectivity index (χ0) is 21.5. The smallest absolute Gasteiger partial charge is 0.337 e. The third kappa shape index (κ3) is 5.43. The first-order valence-electron chi connectivity index (χ1n) is 9.98. The molecule has 2 aromatic rings. The lowest BCUT2D eigenvalue weighted by Gasteiger charge is -2.24. The predicted molar refractivity (Wildman–Crippen MR) is 111 cm³/mol. The summed E-state index contributed by atoms with van der Waals surface area (Å²) in [6.45, 7) is 5.19. The van der Waals surface area contributed by atoms with Crippen molar-refractivity contribution in [2.75, 3.05) is 26.9 Å². The summed E-state index contributed by atoms with van der Waals surface area (Å²) in [6.07, 6.45) is 0.840. The van der Waals surface area contributed by atoms with Gasteiger partial charge in [-0.2, -0.15) is 0 Å². The van der Waals surface area contributed by atoms with Gasteiger partial charge in [0.1, 0.15) is 5.75 Å². The van der Waals surface area contributed by atoms with Crippen LogP contribution in [0, 0.1) is 5.92 Å². The van der Waals surface area contributed by atoms with E-state index in [0.29, 0.717) is 30.3 Å². The van der Waals surface area contributed by atoms with Crippen molar-refractivity contribution in [1.29, 1.82) is 0 Å².